The molecule has 2 aromatic heterocycles. The molecule has 3 aromatic rings. The van der Waals surface area contributed by atoms with Gasteiger partial charge in [0, 0.05) is 13.1 Å². The number of anilines is 2. The average molecular weight is 479 g/mol. The first kappa shape index (κ1) is 23.2. The molecule has 0 bridgehead atoms. The highest BCUT2D eigenvalue weighted by atomic mass is 32.1. The third kappa shape index (κ3) is 4.10. The van der Waals surface area contributed by atoms with Crippen molar-refractivity contribution in [2.75, 3.05) is 11.1 Å². The van der Waals surface area contributed by atoms with Gasteiger partial charge in [0.15, 0.2) is 5.69 Å². The second-order valence-electron chi connectivity index (χ2n) is 8.18. The number of aliphatic hydroxyl groups is 1. The molecule has 1 fully saturated rings. The fourth-order valence-corrected chi connectivity index (χ4v) is 4.67. The van der Waals surface area contributed by atoms with Gasteiger partial charge in [0.2, 0.25) is 0 Å². The molecule has 0 radical (unpaired) electrons. The number of rotatable bonds is 4. The zero-order chi connectivity index (χ0) is 24.1. The number of aryl methyl sites for hydroxylation is 1. The fraction of sp³-hybridized carbons (Fsp3) is 0.381. The average Bonchev–Trinajstić information content (AvgIpc) is 3.28. The van der Waals surface area contributed by atoms with Crippen molar-refractivity contribution in [3.05, 3.63) is 47.4 Å². The van der Waals surface area contributed by atoms with Gasteiger partial charge in [-0.05, 0) is 32.4 Å². The molecule has 3 heterocycles. The van der Waals surface area contributed by atoms with Crippen molar-refractivity contribution < 1.29 is 23.4 Å². The molecule has 4 atom stereocenters. The summed E-state index contributed by atoms with van der Waals surface area (Å²) in [7, 11) is 1.69. The van der Waals surface area contributed by atoms with E-state index in [-0.39, 0.29) is 21.3 Å². The van der Waals surface area contributed by atoms with Gasteiger partial charge in [0.05, 0.1) is 29.2 Å². The molecule has 6 N–H and O–H groups in total. The molecule has 0 aliphatic carbocycles. The van der Waals surface area contributed by atoms with E-state index in [1.807, 2.05) is 0 Å². The van der Waals surface area contributed by atoms with Crippen molar-refractivity contribution in [3.63, 3.8) is 0 Å². The van der Waals surface area contributed by atoms with Gasteiger partial charge in [0.1, 0.15) is 33.3 Å². The summed E-state index contributed by atoms with van der Waals surface area (Å²) in [5.41, 5.74) is 11.3. The van der Waals surface area contributed by atoms with Gasteiger partial charge in [-0.3, -0.25) is 9.48 Å². The first-order valence-electron chi connectivity index (χ1n) is 10.2. The summed E-state index contributed by atoms with van der Waals surface area (Å²) in [5, 5.41) is 17.4. The molecule has 1 aliphatic rings. The van der Waals surface area contributed by atoms with Crippen molar-refractivity contribution in [3.8, 4) is 10.6 Å². The molecular weight excluding hydrogens is 454 g/mol. The number of benzene rings is 1. The Balaban J connectivity index is 1.61. The Labute approximate surface area is 192 Å². The molecule has 1 aliphatic heterocycles. The van der Waals surface area contributed by atoms with Crippen LogP contribution in [-0.2, 0) is 11.8 Å². The summed E-state index contributed by atoms with van der Waals surface area (Å²) >= 11 is 0.808. The molecule has 12 heteroatoms. The first-order valence-corrected chi connectivity index (χ1v) is 11.0. The van der Waals surface area contributed by atoms with E-state index in [1.165, 1.54) is 12.3 Å². The summed E-state index contributed by atoms with van der Waals surface area (Å²) in [6.07, 6.45) is 0.653. The van der Waals surface area contributed by atoms with Crippen LogP contribution in [-0.4, -0.2) is 43.5 Å². The van der Waals surface area contributed by atoms with E-state index in [0.717, 1.165) is 23.5 Å². The minimum absolute atomic E-state index is 0.0104. The Morgan fingerprint density at radius 3 is 2.70 bits per heavy atom. The number of carbonyl (C=O) groups is 1. The summed E-state index contributed by atoms with van der Waals surface area (Å²) in [5.74, 6) is -2.27. The summed E-state index contributed by atoms with van der Waals surface area (Å²) in [6, 6.07) is 2.88. The topological polar surface area (TPSA) is 141 Å². The lowest BCUT2D eigenvalue weighted by atomic mass is 9.84. The molecule has 4 rings (SSSR count). The number of amides is 1. The van der Waals surface area contributed by atoms with E-state index in [4.69, 9.17) is 16.2 Å². The highest BCUT2D eigenvalue weighted by Crippen LogP contribution is 2.39. The lowest BCUT2D eigenvalue weighted by Gasteiger charge is -2.43. The number of thiazole rings is 1. The number of hydrogen-bond acceptors (Lipinski definition) is 8. The van der Waals surface area contributed by atoms with Crippen molar-refractivity contribution in [2.45, 2.75) is 44.1 Å². The molecule has 1 amide bonds. The van der Waals surface area contributed by atoms with E-state index >= 15 is 0 Å². The van der Waals surface area contributed by atoms with E-state index in [2.05, 4.69) is 15.4 Å². The molecule has 1 saturated heterocycles. The summed E-state index contributed by atoms with van der Waals surface area (Å²) in [4.78, 5) is 17.0. The third-order valence-electron chi connectivity index (χ3n) is 5.99. The van der Waals surface area contributed by atoms with E-state index in [0.29, 0.717) is 17.8 Å². The Bertz CT molecular complexity index is 1180. The van der Waals surface area contributed by atoms with Crippen LogP contribution in [0.5, 0.6) is 0 Å². The molecule has 9 nitrogen and oxygen atoms in total. The molecule has 0 spiro atoms. The van der Waals surface area contributed by atoms with Crippen LogP contribution in [0.3, 0.4) is 0 Å². The number of nitrogens with zero attached hydrogens (tertiary/aromatic N) is 3. The van der Waals surface area contributed by atoms with E-state index in [9.17, 15) is 18.7 Å². The maximum Gasteiger partial charge on any atom is 0.277 e. The van der Waals surface area contributed by atoms with Crippen LogP contribution in [0.15, 0.2) is 24.4 Å². The SMILES string of the molecule is C[C@@H]1O[C@H](c2c(NC(=O)c3nc(-c4c(F)cccc4F)sc3N)cnn2C)C[C@H](N)[C@@]1(C)O. The van der Waals surface area contributed by atoms with Gasteiger partial charge in [0.25, 0.3) is 5.91 Å². The number of ether oxygens (including phenoxy) is 1. The second-order valence-corrected chi connectivity index (χ2v) is 9.22. The molecule has 176 valence electrons. The summed E-state index contributed by atoms with van der Waals surface area (Å²) < 4.78 is 35.8. The highest BCUT2D eigenvalue weighted by molar-refractivity contribution is 7.19. The van der Waals surface area contributed by atoms with Crippen LogP contribution in [0.25, 0.3) is 10.6 Å². The Kier molecular flexibility index (Phi) is 5.95. The number of halogens is 2. The van der Waals surface area contributed by atoms with Crippen molar-refractivity contribution in [2.24, 2.45) is 12.8 Å². The second kappa shape index (κ2) is 8.45. The first-order chi connectivity index (χ1) is 15.5. The zero-order valence-electron chi connectivity index (χ0n) is 18.2. The maximum atomic E-state index is 14.1. The van der Waals surface area contributed by atoms with Crippen molar-refractivity contribution in [1.29, 1.82) is 0 Å². The molecule has 0 unspecified atom stereocenters. The molecule has 1 aromatic carbocycles. The Morgan fingerprint density at radius 2 is 2.06 bits per heavy atom. The number of nitrogens with one attached hydrogen (secondary N) is 1. The molecule has 33 heavy (non-hydrogen) atoms. The zero-order valence-corrected chi connectivity index (χ0v) is 19.0. The van der Waals surface area contributed by atoms with Crippen molar-refractivity contribution in [1.82, 2.24) is 14.8 Å². The van der Waals surface area contributed by atoms with E-state index in [1.54, 1.807) is 25.6 Å². The third-order valence-corrected chi connectivity index (χ3v) is 6.90. The standard InChI is InChI=1S/C21H24F2N6O3S/c1-9-21(2,31)14(24)7-13(32-9)17-12(8-26-29(17)3)27-19(30)16-18(25)33-20(28-16)15-10(22)5-4-6-11(15)23/h4-6,8-9,13-14,31H,7,24-25H2,1-3H3,(H,27,30)/t9-,13-,14-,21-/m0/s1. The lowest BCUT2D eigenvalue weighted by Crippen LogP contribution is -2.58. The minimum Gasteiger partial charge on any atom is -0.389 e. The number of nitrogens with two attached hydrogens (primary N) is 2. The minimum atomic E-state index is -1.20. The maximum absolute atomic E-state index is 14.1. The number of carbonyl (C=O) groups excluding carboxylic acids is 1. The van der Waals surface area contributed by atoms with Crippen LogP contribution in [0.2, 0.25) is 0 Å². The fourth-order valence-electron chi connectivity index (χ4n) is 3.80. The van der Waals surface area contributed by atoms with Crippen LogP contribution in [0.4, 0.5) is 19.5 Å². The highest BCUT2D eigenvalue weighted by Gasteiger charge is 2.44. The van der Waals surface area contributed by atoms with Gasteiger partial charge in [-0.15, -0.1) is 0 Å². The lowest BCUT2D eigenvalue weighted by molar-refractivity contribution is -0.172. The molecule has 0 saturated carbocycles. The van der Waals surface area contributed by atoms with E-state index < -0.39 is 41.4 Å². The van der Waals surface area contributed by atoms with Gasteiger partial charge in [-0.2, -0.15) is 5.10 Å². The molecular formula is C21H24F2N6O3S. The normalized spacial score (nSPS) is 25.2. The van der Waals surface area contributed by atoms with Gasteiger partial charge in [-0.1, -0.05) is 17.4 Å². The summed E-state index contributed by atoms with van der Waals surface area (Å²) in [6.45, 7) is 3.34. The quantitative estimate of drug-likeness (QED) is 0.452. The van der Waals surface area contributed by atoms with Gasteiger partial charge < -0.3 is 26.6 Å². The van der Waals surface area contributed by atoms with Gasteiger partial charge in [-0.25, -0.2) is 13.8 Å². The number of aromatic nitrogens is 3. The monoisotopic (exact) mass is 478 g/mol. The van der Waals surface area contributed by atoms with Crippen molar-refractivity contribution >= 4 is 27.9 Å². The van der Waals surface area contributed by atoms with Crippen LogP contribution in [0.1, 0.15) is 42.6 Å². The predicted octanol–water partition coefficient (Wildman–Crippen LogP) is 2.58. The Morgan fingerprint density at radius 1 is 1.39 bits per heavy atom. The number of hydrogen-bond donors (Lipinski definition) is 4. The van der Waals surface area contributed by atoms with Crippen LogP contribution in [0, 0.1) is 11.6 Å². The van der Waals surface area contributed by atoms with Gasteiger partial charge >= 0.3 is 0 Å². The van der Waals surface area contributed by atoms with Crippen LogP contribution >= 0.6 is 11.3 Å². The van der Waals surface area contributed by atoms with Crippen LogP contribution < -0.4 is 16.8 Å². The smallest absolute Gasteiger partial charge is 0.277 e. The largest absolute Gasteiger partial charge is 0.389 e. The predicted molar refractivity (Wildman–Crippen MR) is 120 cm³/mol. The Hall–Kier alpha value is -2.93. The number of nitrogen functional groups attached to an aromatic ring is 1.